The van der Waals surface area contributed by atoms with Gasteiger partial charge in [0.1, 0.15) is 0 Å². The monoisotopic (exact) mass is 260 g/mol. The van der Waals surface area contributed by atoms with Gasteiger partial charge in [0.25, 0.3) is 10.1 Å². The summed E-state index contributed by atoms with van der Waals surface area (Å²) in [6, 6.07) is 0. The molecule has 0 aromatic rings. The molecule has 1 unspecified atom stereocenters. The molecule has 0 aromatic carbocycles. The molecule has 0 rings (SSSR count). The van der Waals surface area contributed by atoms with E-state index in [0.717, 1.165) is 0 Å². The minimum atomic E-state index is -4.92. The Balaban J connectivity index is 0. The molecular formula is C7H9NaO7S. The van der Waals surface area contributed by atoms with Crippen molar-refractivity contribution in [2.75, 3.05) is 0 Å². The van der Waals surface area contributed by atoms with E-state index in [1.807, 2.05) is 0 Å². The standard InChI is InChI=1S/C7H10O7S.Na/c1-3-14-6(10)7(2,4-5(8)9)15(11,12)13;/h3H,1,4H2,2H3,(H,8,9)(H,11,12,13);/q;+1/p-1. The molecule has 0 aliphatic rings. The van der Waals surface area contributed by atoms with Crippen LogP contribution in [0.15, 0.2) is 12.8 Å². The molecule has 16 heavy (non-hydrogen) atoms. The Morgan fingerprint density at radius 3 is 2.25 bits per heavy atom. The number of ether oxygens (including phenoxy) is 1. The Hall–Kier alpha value is -0.410. The maximum atomic E-state index is 11.1. The molecule has 0 aromatic heterocycles. The number of carbonyl (C=O) groups is 2. The second kappa shape index (κ2) is 6.36. The molecule has 0 fully saturated rings. The van der Waals surface area contributed by atoms with Gasteiger partial charge in [-0.05, 0) is 6.92 Å². The second-order valence-corrected chi connectivity index (χ2v) is 4.68. The molecule has 0 radical (unpaired) electrons. The molecule has 1 N–H and O–H groups in total. The zero-order valence-electron chi connectivity index (χ0n) is 8.80. The van der Waals surface area contributed by atoms with Gasteiger partial charge in [0.2, 0.25) is 0 Å². The van der Waals surface area contributed by atoms with Crippen molar-refractivity contribution in [1.82, 2.24) is 0 Å². The van der Waals surface area contributed by atoms with E-state index in [4.69, 9.17) is 4.55 Å². The first-order chi connectivity index (χ1) is 6.65. The third kappa shape index (κ3) is 4.22. The van der Waals surface area contributed by atoms with Gasteiger partial charge in [0.15, 0.2) is 4.75 Å². The number of hydrogen-bond acceptors (Lipinski definition) is 6. The van der Waals surface area contributed by atoms with Gasteiger partial charge in [-0.1, -0.05) is 6.58 Å². The van der Waals surface area contributed by atoms with Crippen LogP contribution in [0.2, 0.25) is 0 Å². The summed E-state index contributed by atoms with van der Waals surface area (Å²) in [6.45, 7) is 3.71. The Bertz CT molecular complexity index is 388. The maximum absolute atomic E-state index is 11.1. The van der Waals surface area contributed by atoms with Crippen LogP contribution in [-0.4, -0.2) is 29.7 Å². The molecular weight excluding hydrogens is 251 g/mol. The van der Waals surface area contributed by atoms with Crippen molar-refractivity contribution < 1.29 is 62.0 Å². The van der Waals surface area contributed by atoms with E-state index in [0.29, 0.717) is 13.2 Å². The van der Waals surface area contributed by atoms with Crippen LogP contribution in [0.25, 0.3) is 0 Å². The van der Waals surface area contributed by atoms with Crippen LogP contribution >= 0.6 is 0 Å². The van der Waals surface area contributed by atoms with Crippen molar-refractivity contribution in [2.24, 2.45) is 0 Å². The van der Waals surface area contributed by atoms with Gasteiger partial charge < -0.3 is 14.6 Å². The predicted octanol–water partition coefficient (Wildman–Crippen LogP) is -4.54. The maximum Gasteiger partial charge on any atom is 1.00 e. The molecule has 9 heteroatoms. The summed E-state index contributed by atoms with van der Waals surface area (Å²) in [5.41, 5.74) is 0. The van der Waals surface area contributed by atoms with Crippen molar-refractivity contribution in [3.63, 3.8) is 0 Å². The van der Waals surface area contributed by atoms with E-state index in [1.54, 1.807) is 0 Å². The van der Waals surface area contributed by atoms with Crippen molar-refractivity contribution in [2.45, 2.75) is 18.1 Å². The number of aliphatic carboxylic acids is 1. The first kappa shape index (κ1) is 18.0. The molecule has 0 aliphatic heterocycles. The molecule has 0 amide bonds. The van der Waals surface area contributed by atoms with Gasteiger partial charge in [-0.2, -0.15) is 8.42 Å². The van der Waals surface area contributed by atoms with Gasteiger partial charge in [-0.3, -0.25) is 4.55 Å². The number of carboxylic acid groups (broad SMARTS) is 1. The average molecular weight is 260 g/mol. The number of carbonyl (C=O) groups excluding carboxylic acids is 2. The Kier molecular flexibility index (Phi) is 7.14. The number of rotatable bonds is 5. The molecule has 86 valence electrons. The van der Waals surface area contributed by atoms with Gasteiger partial charge in [0.05, 0.1) is 6.26 Å². The van der Waals surface area contributed by atoms with Crippen LogP contribution in [0, 0.1) is 0 Å². The number of esters is 1. The summed E-state index contributed by atoms with van der Waals surface area (Å²) in [6.07, 6.45) is -0.584. The van der Waals surface area contributed by atoms with Crippen molar-refractivity contribution in [3.05, 3.63) is 12.8 Å². The summed E-state index contributed by atoms with van der Waals surface area (Å²) < 4.78 is 31.9. The minimum Gasteiger partial charge on any atom is -0.550 e. The fraction of sp³-hybridized carbons (Fsp3) is 0.429. The average Bonchev–Trinajstić information content (AvgIpc) is 2.01. The van der Waals surface area contributed by atoms with Crippen molar-refractivity contribution in [1.29, 1.82) is 0 Å². The van der Waals surface area contributed by atoms with E-state index in [1.165, 1.54) is 0 Å². The zero-order chi connectivity index (χ0) is 12.3. The van der Waals surface area contributed by atoms with Crippen molar-refractivity contribution >= 4 is 22.1 Å². The van der Waals surface area contributed by atoms with Crippen LogP contribution in [0.1, 0.15) is 13.3 Å². The molecule has 1 atom stereocenters. The summed E-state index contributed by atoms with van der Waals surface area (Å²) in [4.78, 5) is 21.4. The van der Waals surface area contributed by atoms with Gasteiger partial charge >= 0.3 is 35.5 Å². The molecule has 7 nitrogen and oxygen atoms in total. The molecule has 0 saturated carbocycles. The number of carboxylic acids is 1. The van der Waals surface area contributed by atoms with E-state index >= 15 is 0 Å². The van der Waals surface area contributed by atoms with E-state index in [-0.39, 0.29) is 29.6 Å². The van der Waals surface area contributed by atoms with E-state index < -0.39 is 33.2 Å². The fourth-order valence-electron chi connectivity index (χ4n) is 0.744. The van der Waals surface area contributed by atoms with E-state index in [2.05, 4.69) is 11.3 Å². The summed E-state index contributed by atoms with van der Waals surface area (Å²) in [5.74, 6) is -3.25. The Morgan fingerprint density at radius 2 is 2.00 bits per heavy atom. The Morgan fingerprint density at radius 1 is 1.56 bits per heavy atom. The Labute approximate surface area is 115 Å². The molecule has 0 bridgehead atoms. The normalized spacial score (nSPS) is 14.1. The second-order valence-electron chi connectivity index (χ2n) is 2.83. The van der Waals surface area contributed by atoms with Crippen LogP contribution in [0.5, 0.6) is 0 Å². The third-order valence-corrected chi connectivity index (χ3v) is 3.12. The first-order valence-electron chi connectivity index (χ1n) is 3.64. The summed E-state index contributed by atoms with van der Waals surface area (Å²) in [7, 11) is -4.92. The van der Waals surface area contributed by atoms with Crippen molar-refractivity contribution in [3.8, 4) is 0 Å². The van der Waals surface area contributed by atoms with Crippen LogP contribution < -0.4 is 34.7 Å². The fourth-order valence-corrected chi connectivity index (χ4v) is 1.30. The first-order valence-corrected chi connectivity index (χ1v) is 5.08. The van der Waals surface area contributed by atoms with Gasteiger partial charge in [0, 0.05) is 12.4 Å². The van der Waals surface area contributed by atoms with Crippen LogP contribution in [0.3, 0.4) is 0 Å². The third-order valence-electron chi connectivity index (χ3n) is 1.67. The molecule has 0 saturated heterocycles. The summed E-state index contributed by atoms with van der Waals surface area (Å²) >= 11 is 0. The predicted molar refractivity (Wildman–Crippen MR) is 45.9 cm³/mol. The van der Waals surface area contributed by atoms with E-state index in [9.17, 15) is 23.1 Å². The largest absolute Gasteiger partial charge is 1.00 e. The van der Waals surface area contributed by atoms with Gasteiger partial charge in [-0.15, -0.1) is 0 Å². The molecule has 0 heterocycles. The van der Waals surface area contributed by atoms with Gasteiger partial charge in [-0.25, -0.2) is 4.79 Å². The zero-order valence-corrected chi connectivity index (χ0v) is 11.6. The topological polar surface area (TPSA) is 121 Å². The molecule has 0 spiro atoms. The smallest absolute Gasteiger partial charge is 0.550 e. The summed E-state index contributed by atoms with van der Waals surface area (Å²) in [5, 5.41) is 10.3. The number of hydrogen-bond donors (Lipinski definition) is 1. The quantitative estimate of drug-likeness (QED) is 0.229. The minimum absolute atomic E-state index is 0. The van der Waals surface area contributed by atoms with Crippen LogP contribution in [-0.2, 0) is 24.4 Å². The van der Waals surface area contributed by atoms with Crippen LogP contribution in [0.4, 0.5) is 0 Å². The molecule has 0 aliphatic carbocycles. The SMILES string of the molecule is C=COC(=O)C(C)(CC(=O)[O-])S(=O)(=O)O.[Na+].